The third-order valence-electron chi connectivity index (χ3n) is 3.72. The molecule has 0 radical (unpaired) electrons. The molecule has 0 fully saturated rings. The van der Waals surface area contributed by atoms with Crippen LogP contribution in [0.25, 0.3) is 0 Å². The molecule has 6 heteroatoms. The molecular weight excluding hydrogens is 320 g/mol. The van der Waals surface area contributed by atoms with Gasteiger partial charge in [-0.25, -0.2) is 0 Å². The van der Waals surface area contributed by atoms with Crippen LogP contribution in [0.4, 0.5) is 5.69 Å². The van der Waals surface area contributed by atoms with E-state index in [2.05, 4.69) is 4.98 Å². The molecule has 1 amide bonds. The first-order valence-corrected chi connectivity index (χ1v) is 8.11. The summed E-state index contributed by atoms with van der Waals surface area (Å²) in [6.07, 6.45) is 3.11. The molecule has 25 heavy (non-hydrogen) atoms. The monoisotopic (exact) mass is 342 g/mol. The number of anilines is 1. The first-order valence-electron chi connectivity index (χ1n) is 8.11. The number of hydrogen-bond donors (Lipinski definition) is 0. The number of hydrogen-bond acceptors (Lipinski definition) is 5. The quantitative estimate of drug-likeness (QED) is 0.722. The van der Waals surface area contributed by atoms with Crippen molar-refractivity contribution >= 4 is 17.4 Å². The molecule has 132 valence electrons. The molecule has 1 aromatic carbocycles. The van der Waals surface area contributed by atoms with Crippen molar-refractivity contribution in [2.45, 2.75) is 20.8 Å². The number of rotatable bonds is 7. The number of Topliss-reactive ketones (excluding diaryl/α,β-unsaturated/α-hetero) is 1. The summed E-state index contributed by atoms with van der Waals surface area (Å²) in [6, 6.07) is 6.68. The molecule has 0 N–H and O–H groups in total. The first-order chi connectivity index (χ1) is 12.0. The number of nitrogens with zero attached hydrogens (tertiary/aromatic N) is 2. The Bertz CT molecular complexity index is 760. The molecule has 0 aliphatic heterocycles. The minimum absolute atomic E-state index is 0.159. The van der Waals surface area contributed by atoms with E-state index in [1.807, 2.05) is 13.8 Å². The molecule has 0 aliphatic carbocycles. The van der Waals surface area contributed by atoms with Crippen LogP contribution >= 0.6 is 0 Å². The van der Waals surface area contributed by atoms with Crippen molar-refractivity contribution < 1.29 is 19.1 Å². The molecule has 2 rings (SSSR count). The molecule has 0 unspecified atom stereocenters. The van der Waals surface area contributed by atoms with Gasteiger partial charge in [0.25, 0.3) is 5.91 Å². The maximum Gasteiger partial charge on any atom is 0.259 e. The van der Waals surface area contributed by atoms with Crippen molar-refractivity contribution in [3.8, 4) is 11.5 Å². The smallest absolute Gasteiger partial charge is 0.259 e. The topological polar surface area (TPSA) is 68.7 Å². The van der Waals surface area contributed by atoms with Gasteiger partial charge in [-0.1, -0.05) is 0 Å². The van der Waals surface area contributed by atoms with Gasteiger partial charge in [-0.15, -0.1) is 0 Å². The predicted molar refractivity (Wildman–Crippen MR) is 95.8 cm³/mol. The second kappa shape index (κ2) is 8.28. The van der Waals surface area contributed by atoms with Crippen LogP contribution in [-0.2, 0) is 0 Å². The Balaban J connectivity index is 2.58. The van der Waals surface area contributed by atoms with Crippen LogP contribution in [0.3, 0.4) is 0 Å². The zero-order valence-corrected chi connectivity index (χ0v) is 14.9. The number of carbonyl (C=O) groups is 2. The summed E-state index contributed by atoms with van der Waals surface area (Å²) in [5, 5.41) is 0. The Morgan fingerprint density at radius 2 is 1.96 bits per heavy atom. The summed E-state index contributed by atoms with van der Waals surface area (Å²) in [7, 11) is 1.51. The molecule has 2 aromatic rings. The molecule has 0 saturated heterocycles. The van der Waals surface area contributed by atoms with Gasteiger partial charge in [0.05, 0.1) is 25.0 Å². The van der Waals surface area contributed by atoms with Crippen molar-refractivity contribution in [1.82, 2.24) is 4.98 Å². The van der Waals surface area contributed by atoms with Crippen LogP contribution in [0.5, 0.6) is 11.5 Å². The normalized spacial score (nSPS) is 10.2. The number of ketones is 1. The second-order valence-electron chi connectivity index (χ2n) is 5.30. The van der Waals surface area contributed by atoms with E-state index in [-0.39, 0.29) is 11.7 Å². The van der Waals surface area contributed by atoms with E-state index < -0.39 is 0 Å². The summed E-state index contributed by atoms with van der Waals surface area (Å²) in [4.78, 5) is 30.5. The number of ether oxygens (including phenoxy) is 2. The third-order valence-corrected chi connectivity index (χ3v) is 3.72. The van der Waals surface area contributed by atoms with Crippen LogP contribution < -0.4 is 14.4 Å². The summed E-state index contributed by atoms with van der Waals surface area (Å²) < 4.78 is 10.9. The summed E-state index contributed by atoms with van der Waals surface area (Å²) in [5.41, 5.74) is 1.35. The first kappa shape index (κ1) is 18.4. The van der Waals surface area contributed by atoms with Gasteiger partial charge in [0, 0.05) is 30.6 Å². The van der Waals surface area contributed by atoms with Crippen LogP contribution in [-0.4, -0.2) is 36.9 Å². The standard InChI is InChI=1S/C19H22N2O4/c1-5-21(19(23)14-8-7-9-20-12-14)16-11-18(25-6-2)17(24-4)10-15(16)13(3)22/h7-12H,5-6H2,1-4H3. The molecule has 0 atom stereocenters. The number of carbonyl (C=O) groups excluding carboxylic acids is 2. The molecule has 0 spiro atoms. The van der Waals surface area contributed by atoms with Crippen LogP contribution in [0.2, 0.25) is 0 Å². The van der Waals surface area contributed by atoms with E-state index in [1.165, 1.54) is 25.1 Å². The summed E-state index contributed by atoms with van der Waals surface area (Å²) >= 11 is 0. The molecule has 6 nitrogen and oxygen atoms in total. The minimum Gasteiger partial charge on any atom is -0.493 e. The number of amides is 1. The molecular formula is C19H22N2O4. The molecule has 0 bridgehead atoms. The Hall–Kier alpha value is -2.89. The second-order valence-corrected chi connectivity index (χ2v) is 5.30. The van der Waals surface area contributed by atoms with E-state index in [4.69, 9.17) is 9.47 Å². The molecule has 0 aliphatic rings. The SMILES string of the molecule is CCOc1cc(N(CC)C(=O)c2cccnc2)c(C(C)=O)cc1OC. The third kappa shape index (κ3) is 3.96. The highest BCUT2D eigenvalue weighted by molar-refractivity contribution is 6.10. The van der Waals surface area contributed by atoms with Gasteiger partial charge >= 0.3 is 0 Å². The lowest BCUT2D eigenvalue weighted by Crippen LogP contribution is -2.32. The lowest BCUT2D eigenvalue weighted by Gasteiger charge is -2.24. The van der Waals surface area contributed by atoms with Gasteiger partial charge in [-0.3, -0.25) is 14.6 Å². The largest absolute Gasteiger partial charge is 0.493 e. The van der Waals surface area contributed by atoms with Crippen LogP contribution in [0, 0.1) is 0 Å². The number of pyridine rings is 1. The molecule has 0 saturated carbocycles. The van der Waals surface area contributed by atoms with E-state index in [0.29, 0.717) is 41.5 Å². The van der Waals surface area contributed by atoms with Crippen molar-refractivity contribution in [3.05, 3.63) is 47.8 Å². The maximum atomic E-state index is 12.9. The number of methoxy groups -OCH3 is 1. The minimum atomic E-state index is -0.231. The zero-order valence-electron chi connectivity index (χ0n) is 14.9. The maximum absolute atomic E-state index is 12.9. The lowest BCUT2D eigenvalue weighted by molar-refractivity contribution is 0.0987. The van der Waals surface area contributed by atoms with Gasteiger partial charge < -0.3 is 14.4 Å². The zero-order chi connectivity index (χ0) is 18.4. The Labute approximate surface area is 147 Å². The van der Waals surface area contributed by atoms with Gasteiger partial charge in [0.15, 0.2) is 17.3 Å². The van der Waals surface area contributed by atoms with Crippen molar-refractivity contribution in [1.29, 1.82) is 0 Å². The molecule has 1 aromatic heterocycles. The Morgan fingerprint density at radius 1 is 1.20 bits per heavy atom. The summed E-state index contributed by atoms with van der Waals surface area (Å²) in [6.45, 7) is 6.00. The van der Waals surface area contributed by atoms with E-state index >= 15 is 0 Å². The van der Waals surface area contributed by atoms with Crippen molar-refractivity contribution in [2.24, 2.45) is 0 Å². The lowest BCUT2D eigenvalue weighted by atomic mass is 10.1. The van der Waals surface area contributed by atoms with Gasteiger partial charge in [0.1, 0.15) is 0 Å². The fourth-order valence-electron chi connectivity index (χ4n) is 2.55. The number of benzene rings is 1. The highest BCUT2D eigenvalue weighted by Crippen LogP contribution is 2.36. The molecule has 1 heterocycles. The van der Waals surface area contributed by atoms with E-state index in [1.54, 1.807) is 30.5 Å². The Kier molecular flexibility index (Phi) is 6.11. The average molecular weight is 342 g/mol. The fraction of sp³-hybridized carbons (Fsp3) is 0.316. The predicted octanol–water partition coefficient (Wildman–Crippen LogP) is 3.36. The van der Waals surface area contributed by atoms with Crippen molar-refractivity contribution in [2.75, 3.05) is 25.2 Å². The van der Waals surface area contributed by atoms with E-state index in [0.717, 1.165) is 0 Å². The highest BCUT2D eigenvalue weighted by atomic mass is 16.5. The van der Waals surface area contributed by atoms with E-state index in [9.17, 15) is 9.59 Å². The van der Waals surface area contributed by atoms with Gasteiger partial charge in [-0.05, 0) is 39.0 Å². The highest BCUT2D eigenvalue weighted by Gasteiger charge is 2.23. The van der Waals surface area contributed by atoms with Gasteiger partial charge in [0.2, 0.25) is 0 Å². The average Bonchev–Trinajstić information content (AvgIpc) is 2.63. The number of aromatic nitrogens is 1. The van der Waals surface area contributed by atoms with Crippen LogP contribution in [0.15, 0.2) is 36.7 Å². The van der Waals surface area contributed by atoms with Crippen LogP contribution in [0.1, 0.15) is 41.5 Å². The fourth-order valence-corrected chi connectivity index (χ4v) is 2.55. The van der Waals surface area contributed by atoms with Crippen molar-refractivity contribution in [3.63, 3.8) is 0 Å². The Morgan fingerprint density at radius 3 is 2.48 bits per heavy atom. The van der Waals surface area contributed by atoms with Gasteiger partial charge in [-0.2, -0.15) is 0 Å². The summed E-state index contributed by atoms with van der Waals surface area (Å²) in [5.74, 6) is 0.558.